The van der Waals surface area contributed by atoms with Gasteiger partial charge in [-0.05, 0) is 35.9 Å². The van der Waals surface area contributed by atoms with Gasteiger partial charge in [0, 0.05) is 21.8 Å². The lowest BCUT2D eigenvalue weighted by Crippen LogP contribution is -2.07. The van der Waals surface area contributed by atoms with Crippen LogP contribution in [0, 0.1) is 0 Å². The molecular weight excluding hydrogens is 469 g/mol. The van der Waals surface area contributed by atoms with Crippen molar-refractivity contribution in [2.75, 3.05) is 0 Å². The summed E-state index contributed by atoms with van der Waals surface area (Å²) in [6, 6.07) is 13.3. The molecule has 0 aliphatic heterocycles. The third-order valence-corrected chi connectivity index (χ3v) is 5.73. The van der Waals surface area contributed by atoms with Gasteiger partial charge in [-0.25, -0.2) is 0 Å². The van der Waals surface area contributed by atoms with Crippen molar-refractivity contribution in [2.24, 2.45) is 0 Å². The fourth-order valence-corrected chi connectivity index (χ4v) is 3.96. The number of aromatic nitrogens is 3. The molecule has 8 heteroatoms. The van der Waals surface area contributed by atoms with Crippen LogP contribution in [0.3, 0.4) is 0 Å². The normalized spacial score (nSPS) is 10.8. The predicted molar refractivity (Wildman–Crippen MR) is 115 cm³/mol. The second kappa shape index (κ2) is 9.64. The average Bonchev–Trinajstić information content (AvgIpc) is 3.03. The summed E-state index contributed by atoms with van der Waals surface area (Å²) in [6.45, 7) is 4.67. The lowest BCUT2D eigenvalue weighted by atomic mass is 10.2. The van der Waals surface area contributed by atoms with Crippen molar-refractivity contribution < 1.29 is 4.74 Å². The first-order valence-corrected chi connectivity index (χ1v) is 10.6. The summed E-state index contributed by atoms with van der Waals surface area (Å²) >= 11 is 17.1. The Morgan fingerprint density at radius 3 is 2.63 bits per heavy atom. The number of rotatable bonds is 8. The Morgan fingerprint density at radius 1 is 1.15 bits per heavy atom. The zero-order valence-corrected chi connectivity index (χ0v) is 18.2. The van der Waals surface area contributed by atoms with Crippen LogP contribution in [0.4, 0.5) is 0 Å². The van der Waals surface area contributed by atoms with Gasteiger partial charge in [-0.2, -0.15) is 0 Å². The first-order chi connectivity index (χ1) is 13.1. The molecule has 0 radical (unpaired) electrons. The molecule has 2 aromatic carbocycles. The van der Waals surface area contributed by atoms with Gasteiger partial charge < -0.3 is 4.74 Å². The van der Waals surface area contributed by atoms with E-state index in [0.29, 0.717) is 28.2 Å². The number of halogens is 3. The Kier molecular flexibility index (Phi) is 7.24. The molecule has 0 aliphatic rings. The molecule has 0 aliphatic carbocycles. The van der Waals surface area contributed by atoms with E-state index in [-0.39, 0.29) is 6.61 Å². The fraction of sp³-hybridized carbons (Fsp3) is 0.158. The lowest BCUT2D eigenvalue weighted by molar-refractivity contribution is 0.289. The van der Waals surface area contributed by atoms with E-state index in [1.165, 1.54) is 5.56 Å². The molecule has 0 bridgehead atoms. The molecule has 0 spiro atoms. The molecule has 0 fully saturated rings. The summed E-state index contributed by atoms with van der Waals surface area (Å²) in [6.07, 6.45) is 1.81. The van der Waals surface area contributed by atoms with E-state index < -0.39 is 0 Å². The highest BCUT2D eigenvalue weighted by molar-refractivity contribution is 9.10. The van der Waals surface area contributed by atoms with Crippen molar-refractivity contribution >= 4 is 50.9 Å². The van der Waals surface area contributed by atoms with E-state index >= 15 is 0 Å². The molecule has 0 unspecified atom stereocenters. The van der Waals surface area contributed by atoms with Gasteiger partial charge >= 0.3 is 0 Å². The maximum atomic E-state index is 6.15. The topological polar surface area (TPSA) is 39.9 Å². The molecule has 0 amide bonds. The van der Waals surface area contributed by atoms with Crippen LogP contribution in [0.5, 0.6) is 5.75 Å². The largest absolute Gasteiger partial charge is 0.484 e. The van der Waals surface area contributed by atoms with Crippen LogP contribution in [-0.2, 0) is 18.9 Å². The second-order valence-corrected chi connectivity index (χ2v) is 8.28. The minimum Gasteiger partial charge on any atom is -0.484 e. The Bertz CT molecular complexity index is 931. The van der Waals surface area contributed by atoms with Crippen LogP contribution in [0.25, 0.3) is 0 Å². The number of hydrogen-bond acceptors (Lipinski definition) is 4. The van der Waals surface area contributed by atoms with Crippen molar-refractivity contribution in [3.05, 3.63) is 81.0 Å². The molecule has 1 heterocycles. The maximum Gasteiger partial charge on any atom is 0.191 e. The van der Waals surface area contributed by atoms with Crippen molar-refractivity contribution in [1.82, 2.24) is 14.8 Å². The summed E-state index contributed by atoms with van der Waals surface area (Å²) < 4.78 is 8.84. The third kappa shape index (κ3) is 5.51. The Hall–Kier alpha value is -1.47. The fourth-order valence-electron chi connectivity index (χ4n) is 2.31. The molecular formula is C19H16BrCl2N3OS. The molecule has 0 atom stereocenters. The van der Waals surface area contributed by atoms with E-state index in [2.05, 4.69) is 44.8 Å². The van der Waals surface area contributed by atoms with Crippen LogP contribution < -0.4 is 4.74 Å². The van der Waals surface area contributed by atoms with Crippen LogP contribution in [0.15, 0.2) is 64.7 Å². The monoisotopic (exact) mass is 483 g/mol. The zero-order valence-electron chi connectivity index (χ0n) is 14.2. The SMILES string of the molecule is C=CCn1c(COc2ccc(Cl)cc2Cl)nnc1SCc1ccc(Br)cc1. The zero-order chi connectivity index (χ0) is 19.2. The maximum absolute atomic E-state index is 6.15. The van der Waals surface area contributed by atoms with E-state index in [0.717, 1.165) is 15.4 Å². The van der Waals surface area contributed by atoms with Gasteiger partial charge in [0.15, 0.2) is 11.0 Å². The second-order valence-electron chi connectivity index (χ2n) is 5.58. The van der Waals surface area contributed by atoms with E-state index in [4.69, 9.17) is 27.9 Å². The molecule has 4 nitrogen and oxygen atoms in total. The summed E-state index contributed by atoms with van der Waals surface area (Å²) in [5.74, 6) is 2.06. The summed E-state index contributed by atoms with van der Waals surface area (Å²) in [5, 5.41) is 10.4. The number of hydrogen-bond donors (Lipinski definition) is 0. The number of ether oxygens (including phenoxy) is 1. The van der Waals surface area contributed by atoms with Gasteiger partial charge in [0.05, 0.1) is 5.02 Å². The quantitative estimate of drug-likeness (QED) is 0.273. The minimum absolute atomic E-state index is 0.251. The van der Waals surface area contributed by atoms with Gasteiger partial charge in [0.2, 0.25) is 0 Å². The molecule has 0 saturated carbocycles. The average molecular weight is 485 g/mol. The smallest absolute Gasteiger partial charge is 0.191 e. The van der Waals surface area contributed by atoms with Gasteiger partial charge in [-0.3, -0.25) is 4.57 Å². The van der Waals surface area contributed by atoms with Gasteiger partial charge in [0.1, 0.15) is 12.4 Å². The van der Waals surface area contributed by atoms with Crippen LogP contribution in [0.2, 0.25) is 10.0 Å². The standard InChI is InChI=1S/C19H16BrCl2N3OS/c1-2-9-25-18(11-26-17-8-7-15(21)10-16(17)22)23-24-19(25)27-12-13-3-5-14(20)6-4-13/h2-8,10H,1,9,11-12H2. The third-order valence-electron chi connectivity index (χ3n) is 3.64. The summed E-state index contributed by atoms with van der Waals surface area (Å²) in [4.78, 5) is 0. The molecule has 0 saturated heterocycles. The lowest BCUT2D eigenvalue weighted by Gasteiger charge is -2.10. The number of benzene rings is 2. The van der Waals surface area contributed by atoms with Crippen molar-refractivity contribution in [3.63, 3.8) is 0 Å². The highest BCUT2D eigenvalue weighted by Gasteiger charge is 2.13. The highest BCUT2D eigenvalue weighted by Crippen LogP contribution is 2.29. The van der Waals surface area contributed by atoms with E-state index in [1.807, 2.05) is 22.8 Å². The van der Waals surface area contributed by atoms with Crippen molar-refractivity contribution in [2.45, 2.75) is 24.1 Å². The highest BCUT2D eigenvalue weighted by atomic mass is 79.9. The van der Waals surface area contributed by atoms with Crippen LogP contribution in [-0.4, -0.2) is 14.8 Å². The molecule has 3 aromatic rings. The van der Waals surface area contributed by atoms with Crippen LogP contribution in [0.1, 0.15) is 11.4 Å². The van der Waals surface area contributed by atoms with E-state index in [1.54, 1.807) is 30.0 Å². The van der Waals surface area contributed by atoms with E-state index in [9.17, 15) is 0 Å². The molecule has 3 rings (SSSR count). The molecule has 27 heavy (non-hydrogen) atoms. The van der Waals surface area contributed by atoms with Gasteiger partial charge in [-0.1, -0.05) is 69.1 Å². The van der Waals surface area contributed by atoms with Crippen LogP contribution >= 0.6 is 50.9 Å². The Labute approximate surface area is 180 Å². The summed E-state index contributed by atoms with van der Waals surface area (Å²) in [5.41, 5.74) is 1.21. The Morgan fingerprint density at radius 2 is 1.93 bits per heavy atom. The predicted octanol–water partition coefficient (Wildman–Crippen LogP) is 6.40. The summed E-state index contributed by atoms with van der Waals surface area (Å²) in [7, 11) is 0. The first-order valence-electron chi connectivity index (χ1n) is 8.05. The van der Waals surface area contributed by atoms with Gasteiger partial charge in [-0.15, -0.1) is 16.8 Å². The first kappa shape index (κ1) is 20.3. The van der Waals surface area contributed by atoms with Gasteiger partial charge in [0.25, 0.3) is 0 Å². The number of nitrogens with zero attached hydrogens (tertiary/aromatic N) is 3. The minimum atomic E-state index is 0.251. The number of thioether (sulfide) groups is 1. The molecule has 1 aromatic heterocycles. The van der Waals surface area contributed by atoms with Crippen molar-refractivity contribution in [1.29, 1.82) is 0 Å². The molecule has 0 N–H and O–H groups in total. The Balaban J connectivity index is 1.70. The van der Waals surface area contributed by atoms with Crippen molar-refractivity contribution in [3.8, 4) is 5.75 Å². The number of allylic oxidation sites excluding steroid dienone is 1. The molecule has 140 valence electrons.